The van der Waals surface area contributed by atoms with E-state index in [1.807, 2.05) is 6.92 Å². The average Bonchev–Trinajstić information content (AvgIpc) is 2.92. The van der Waals surface area contributed by atoms with Crippen molar-refractivity contribution >= 4 is 30.7 Å². The van der Waals surface area contributed by atoms with Crippen molar-refractivity contribution in [3.63, 3.8) is 0 Å². The first-order chi connectivity index (χ1) is 10.3. The van der Waals surface area contributed by atoms with Gasteiger partial charge in [-0.25, -0.2) is 0 Å². The van der Waals surface area contributed by atoms with E-state index in [1.165, 1.54) is 25.7 Å². The zero-order valence-corrected chi connectivity index (χ0v) is 15.7. The maximum Gasteiger partial charge on any atom is 0.242 e. The minimum absolute atomic E-state index is 0. The highest BCUT2D eigenvalue weighted by Crippen LogP contribution is 2.24. The van der Waals surface area contributed by atoms with Crippen LogP contribution in [0.2, 0.25) is 0 Å². The molecular formula is C16H31Cl2N3O2. The van der Waals surface area contributed by atoms with Crippen LogP contribution in [-0.2, 0) is 9.53 Å². The standard InChI is InChI=1S/C16H29N3O2.2ClH/c1-13-15(17-7-12-21-13)16(20)19-9-4-8-18(10-11-19)14-5-2-3-6-14;;/h13-15,17H,2-12H2,1H3;2*1H/t13-,15+;;/m1../s1. The number of carbonyl (C=O) groups excluding carboxylic acids is 1. The summed E-state index contributed by atoms with van der Waals surface area (Å²) in [4.78, 5) is 17.4. The Kier molecular flexibility index (Phi) is 9.16. The van der Waals surface area contributed by atoms with Gasteiger partial charge in [-0.05, 0) is 26.2 Å². The minimum atomic E-state index is -0.156. The van der Waals surface area contributed by atoms with Gasteiger partial charge in [0.25, 0.3) is 0 Å². The summed E-state index contributed by atoms with van der Waals surface area (Å²) in [5.74, 6) is 0.232. The molecule has 1 saturated carbocycles. The molecule has 0 unspecified atom stereocenters. The highest BCUT2D eigenvalue weighted by molar-refractivity contribution is 5.85. The van der Waals surface area contributed by atoms with Gasteiger partial charge in [-0.1, -0.05) is 12.8 Å². The summed E-state index contributed by atoms with van der Waals surface area (Å²) in [6, 6.07) is 0.617. The number of nitrogens with zero attached hydrogens (tertiary/aromatic N) is 2. The SMILES string of the molecule is C[C@H]1OCCN[C@@H]1C(=O)N1CCCN(C2CCCC2)CC1.Cl.Cl. The number of nitrogens with one attached hydrogen (secondary N) is 1. The Balaban J connectivity index is 0.00000132. The van der Waals surface area contributed by atoms with Gasteiger partial charge in [0.05, 0.1) is 12.7 Å². The Labute approximate surface area is 152 Å². The van der Waals surface area contributed by atoms with Gasteiger partial charge in [-0.3, -0.25) is 9.69 Å². The summed E-state index contributed by atoms with van der Waals surface area (Å²) in [5.41, 5.74) is 0. The van der Waals surface area contributed by atoms with Crippen molar-refractivity contribution in [2.45, 2.75) is 57.2 Å². The van der Waals surface area contributed by atoms with Crippen molar-refractivity contribution in [1.82, 2.24) is 15.1 Å². The second kappa shape index (κ2) is 10.0. The molecule has 0 spiro atoms. The van der Waals surface area contributed by atoms with E-state index in [4.69, 9.17) is 4.74 Å². The van der Waals surface area contributed by atoms with E-state index in [-0.39, 0.29) is 42.9 Å². The number of rotatable bonds is 2. The van der Waals surface area contributed by atoms with Gasteiger partial charge in [-0.15, -0.1) is 24.8 Å². The first-order valence-corrected chi connectivity index (χ1v) is 8.63. The molecule has 2 aliphatic heterocycles. The van der Waals surface area contributed by atoms with Crippen molar-refractivity contribution in [2.75, 3.05) is 39.3 Å². The Morgan fingerprint density at radius 2 is 1.78 bits per heavy atom. The van der Waals surface area contributed by atoms with Crippen molar-refractivity contribution in [3.05, 3.63) is 0 Å². The predicted octanol–water partition coefficient (Wildman–Crippen LogP) is 1.68. The molecule has 1 N–H and O–H groups in total. The molecule has 3 aliphatic rings. The predicted molar refractivity (Wildman–Crippen MR) is 96.7 cm³/mol. The summed E-state index contributed by atoms with van der Waals surface area (Å²) in [6.45, 7) is 7.45. The lowest BCUT2D eigenvalue weighted by Crippen LogP contribution is -2.56. The number of halogens is 2. The Morgan fingerprint density at radius 1 is 1.04 bits per heavy atom. The molecule has 3 rings (SSSR count). The number of carbonyl (C=O) groups is 1. The van der Waals surface area contributed by atoms with Gasteiger partial charge >= 0.3 is 0 Å². The summed E-state index contributed by atoms with van der Waals surface area (Å²) < 4.78 is 5.62. The third-order valence-electron chi connectivity index (χ3n) is 5.27. The Hall–Kier alpha value is -0.0700. The molecule has 1 aliphatic carbocycles. The van der Waals surface area contributed by atoms with E-state index >= 15 is 0 Å². The van der Waals surface area contributed by atoms with E-state index in [0.717, 1.165) is 45.2 Å². The second-order valence-corrected chi connectivity index (χ2v) is 6.66. The number of hydrogen-bond donors (Lipinski definition) is 1. The third kappa shape index (κ3) is 5.20. The lowest BCUT2D eigenvalue weighted by molar-refractivity contribution is -0.139. The fraction of sp³-hybridized carbons (Fsp3) is 0.938. The van der Waals surface area contributed by atoms with Gasteiger partial charge in [0.1, 0.15) is 6.04 Å². The molecule has 7 heteroatoms. The summed E-state index contributed by atoms with van der Waals surface area (Å²) >= 11 is 0. The second-order valence-electron chi connectivity index (χ2n) is 6.66. The van der Waals surface area contributed by atoms with E-state index in [1.54, 1.807) is 0 Å². The van der Waals surface area contributed by atoms with Crippen LogP contribution in [0.3, 0.4) is 0 Å². The molecule has 0 bridgehead atoms. The van der Waals surface area contributed by atoms with Gasteiger partial charge in [0.15, 0.2) is 0 Å². The fourth-order valence-electron chi connectivity index (χ4n) is 4.00. The van der Waals surface area contributed by atoms with Crippen LogP contribution in [0.1, 0.15) is 39.0 Å². The largest absolute Gasteiger partial charge is 0.375 e. The smallest absolute Gasteiger partial charge is 0.242 e. The topological polar surface area (TPSA) is 44.8 Å². The Bertz CT molecular complexity index is 367. The van der Waals surface area contributed by atoms with E-state index in [2.05, 4.69) is 15.1 Å². The summed E-state index contributed by atoms with van der Waals surface area (Å²) in [7, 11) is 0. The highest BCUT2D eigenvalue weighted by Gasteiger charge is 2.33. The Morgan fingerprint density at radius 3 is 2.48 bits per heavy atom. The van der Waals surface area contributed by atoms with E-state index in [0.29, 0.717) is 6.61 Å². The fourth-order valence-corrected chi connectivity index (χ4v) is 4.00. The maximum atomic E-state index is 12.7. The van der Waals surface area contributed by atoms with Crippen LogP contribution < -0.4 is 5.32 Å². The molecule has 2 saturated heterocycles. The first kappa shape index (κ1) is 21.0. The number of ether oxygens (including phenoxy) is 1. The van der Waals surface area contributed by atoms with Gasteiger partial charge in [0.2, 0.25) is 5.91 Å². The number of hydrogen-bond acceptors (Lipinski definition) is 4. The van der Waals surface area contributed by atoms with Crippen molar-refractivity contribution in [2.24, 2.45) is 0 Å². The highest BCUT2D eigenvalue weighted by atomic mass is 35.5. The van der Waals surface area contributed by atoms with Crippen molar-refractivity contribution in [3.8, 4) is 0 Å². The van der Waals surface area contributed by atoms with Gasteiger partial charge in [-0.2, -0.15) is 0 Å². The van der Waals surface area contributed by atoms with Crippen LogP contribution in [-0.4, -0.2) is 73.2 Å². The van der Waals surface area contributed by atoms with Crippen LogP contribution in [0, 0.1) is 0 Å². The number of amides is 1. The molecule has 2 atom stereocenters. The molecule has 136 valence electrons. The molecule has 5 nitrogen and oxygen atoms in total. The van der Waals surface area contributed by atoms with Crippen LogP contribution in [0.5, 0.6) is 0 Å². The number of morpholine rings is 1. The first-order valence-electron chi connectivity index (χ1n) is 8.63. The molecule has 0 radical (unpaired) electrons. The monoisotopic (exact) mass is 367 g/mol. The summed E-state index contributed by atoms with van der Waals surface area (Å²) in [6.07, 6.45) is 6.55. The third-order valence-corrected chi connectivity index (χ3v) is 5.27. The molecule has 1 amide bonds. The molecule has 0 aromatic rings. The van der Waals surface area contributed by atoms with E-state index in [9.17, 15) is 4.79 Å². The van der Waals surface area contributed by atoms with Crippen LogP contribution >= 0.6 is 24.8 Å². The molecule has 2 heterocycles. The minimum Gasteiger partial charge on any atom is -0.375 e. The van der Waals surface area contributed by atoms with Crippen LogP contribution in [0.15, 0.2) is 0 Å². The van der Waals surface area contributed by atoms with Gasteiger partial charge in [0, 0.05) is 38.8 Å². The van der Waals surface area contributed by atoms with Crippen LogP contribution in [0.25, 0.3) is 0 Å². The molecule has 0 aromatic carbocycles. The summed E-state index contributed by atoms with van der Waals surface area (Å²) in [5, 5.41) is 3.32. The van der Waals surface area contributed by atoms with Crippen LogP contribution in [0.4, 0.5) is 0 Å². The average molecular weight is 368 g/mol. The quantitative estimate of drug-likeness (QED) is 0.806. The van der Waals surface area contributed by atoms with E-state index < -0.39 is 0 Å². The molecular weight excluding hydrogens is 337 g/mol. The molecule has 23 heavy (non-hydrogen) atoms. The lowest BCUT2D eigenvalue weighted by atomic mass is 10.1. The van der Waals surface area contributed by atoms with Crippen molar-refractivity contribution < 1.29 is 9.53 Å². The maximum absolute atomic E-state index is 12.7. The van der Waals surface area contributed by atoms with Crippen molar-refractivity contribution in [1.29, 1.82) is 0 Å². The van der Waals surface area contributed by atoms with Gasteiger partial charge < -0.3 is 15.0 Å². The zero-order chi connectivity index (χ0) is 14.7. The molecule has 0 aromatic heterocycles. The normalized spacial score (nSPS) is 30.2. The molecule has 3 fully saturated rings. The zero-order valence-electron chi connectivity index (χ0n) is 14.0. The lowest BCUT2D eigenvalue weighted by Gasteiger charge is -2.33.